The van der Waals surface area contributed by atoms with Crippen LogP contribution in [0.2, 0.25) is 0 Å². The summed E-state index contributed by atoms with van der Waals surface area (Å²) in [7, 11) is 5.77. The van der Waals surface area contributed by atoms with Gasteiger partial charge in [-0.2, -0.15) is 0 Å². The van der Waals surface area contributed by atoms with E-state index in [2.05, 4.69) is 57.9 Å². The van der Waals surface area contributed by atoms with E-state index in [1.54, 1.807) is 7.05 Å². The van der Waals surface area contributed by atoms with Crippen LogP contribution in [-0.2, 0) is 19.5 Å². The fourth-order valence-electron chi connectivity index (χ4n) is 2.48. The fraction of sp³-hybridized carbons (Fsp3) is 0.368. The summed E-state index contributed by atoms with van der Waals surface area (Å²) >= 11 is 0. The van der Waals surface area contributed by atoms with Gasteiger partial charge >= 0.3 is 0 Å². The molecular formula is C19H28IN5. The lowest BCUT2D eigenvalue weighted by Crippen LogP contribution is -2.36. The molecule has 0 saturated heterocycles. The third kappa shape index (κ3) is 6.53. The molecule has 0 amide bonds. The third-order valence-corrected chi connectivity index (χ3v) is 3.90. The van der Waals surface area contributed by atoms with Crippen molar-refractivity contribution in [3.05, 3.63) is 59.3 Å². The highest BCUT2D eigenvalue weighted by molar-refractivity contribution is 14.0. The number of rotatable bonds is 6. The molecule has 0 atom stereocenters. The molecule has 0 aliphatic rings. The summed E-state index contributed by atoms with van der Waals surface area (Å²) in [5.74, 6) is 1.75. The molecule has 0 unspecified atom stereocenters. The molecule has 25 heavy (non-hydrogen) atoms. The largest absolute Gasteiger partial charge is 0.363 e. The fourth-order valence-corrected chi connectivity index (χ4v) is 2.48. The van der Waals surface area contributed by atoms with Crippen molar-refractivity contribution in [2.24, 2.45) is 4.99 Å². The number of benzene rings is 1. The molecule has 0 aliphatic carbocycles. The standard InChI is InChI=1S/C19H27N5.HI/c1-5-16-8-6-7-9-17(16)14-23-19(20-2)22-13-15-10-11-21-18(12-15)24(3)4;/h6-12H,5,13-14H2,1-4H3,(H2,20,22,23);1H. The third-order valence-electron chi connectivity index (χ3n) is 3.90. The Kier molecular flexibility index (Phi) is 9.26. The molecule has 2 aromatic rings. The van der Waals surface area contributed by atoms with Gasteiger partial charge < -0.3 is 15.5 Å². The quantitative estimate of drug-likeness (QED) is 0.401. The van der Waals surface area contributed by atoms with E-state index in [4.69, 9.17) is 0 Å². The number of pyridine rings is 1. The summed E-state index contributed by atoms with van der Waals surface area (Å²) in [5, 5.41) is 6.73. The monoisotopic (exact) mass is 453 g/mol. The lowest BCUT2D eigenvalue weighted by atomic mass is 10.1. The highest BCUT2D eigenvalue weighted by atomic mass is 127. The molecule has 0 radical (unpaired) electrons. The lowest BCUT2D eigenvalue weighted by molar-refractivity contribution is 0.801. The van der Waals surface area contributed by atoms with Crippen LogP contribution in [0.25, 0.3) is 0 Å². The normalized spacial score (nSPS) is 10.8. The summed E-state index contributed by atoms with van der Waals surface area (Å²) in [6, 6.07) is 12.6. The van der Waals surface area contributed by atoms with Crippen LogP contribution in [0.5, 0.6) is 0 Å². The highest BCUT2D eigenvalue weighted by Gasteiger charge is 2.03. The van der Waals surface area contributed by atoms with E-state index in [9.17, 15) is 0 Å². The van der Waals surface area contributed by atoms with Crippen molar-refractivity contribution in [1.29, 1.82) is 0 Å². The minimum Gasteiger partial charge on any atom is -0.363 e. The van der Waals surface area contributed by atoms with Gasteiger partial charge in [0.15, 0.2) is 5.96 Å². The van der Waals surface area contributed by atoms with Crippen LogP contribution in [0.4, 0.5) is 5.82 Å². The summed E-state index contributed by atoms with van der Waals surface area (Å²) < 4.78 is 0. The lowest BCUT2D eigenvalue weighted by Gasteiger charge is -2.15. The molecule has 1 aromatic heterocycles. The molecule has 2 rings (SSSR count). The van der Waals surface area contributed by atoms with Crippen molar-refractivity contribution in [3.63, 3.8) is 0 Å². The number of nitrogens with zero attached hydrogens (tertiary/aromatic N) is 3. The predicted octanol–water partition coefficient (Wildman–Crippen LogP) is 3.19. The highest BCUT2D eigenvalue weighted by Crippen LogP contribution is 2.10. The number of hydrogen-bond acceptors (Lipinski definition) is 3. The Morgan fingerprint density at radius 1 is 1.08 bits per heavy atom. The number of anilines is 1. The van der Waals surface area contributed by atoms with E-state index >= 15 is 0 Å². The summed E-state index contributed by atoms with van der Waals surface area (Å²) in [6.07, 6.45) is 2.87. The number of guanidine groups is 1. The Bertz CT molecular complexity index is 685. The van der Waals surface area contributed by atoms with Gasteiger partial charge in [-0.05, 0) is 35.2 Å². The van der Waals surface area contributed by atoms with E-state index in [0.717, 1.165) is 24.7 Å². The van der Waals surface area contributed by atoms with Crippen molar-refractivity contribution < 1.29 is 0 Å². The molecule has 0 spiro atoms. The second-order valence-corrected chi connectivity index (χ2v) is 5.82. The number of aryl methyl sites for hydroxylation is 1. The first-order valence-electron chi connectivity index (χ1n) is 8.27. The molecule has 136 valence electrons. The SMILES string of the molecule is CCc1ccccc1CNC(=NC)NCc1ccnc(N(C)C)c1.I. The van der Waals surface area contributed by atoms with Gasteiger partial charge in [-0.15, -0.1) is 24.0 Å². The van der Waals surface area contributed by atoms with E-state index in [-0.39, 0.29) is 24.0 Å². The van der Waals surface area contributed by atoms with Crippen LogP contribution >= 0.6 is 24.0 Å². The second-order valence-electron chi connectivity index (χ2n) is 5.82. The molecule has 0 aliphatic heterocycles. The van der Waals surface area contributed by atoms with Gasteiger partial charge in [-0.3, -0.25) is 4.99 Å². The zero-order valence-electron chi connectivity index (χ0n) is 15.4. The van der Waals surface area contributed by atoms with Crippen molar-refractivity contribution in [2.45, 2.75) is 26.4 Å². The molecule has 0 bridgehead atoms. The number of nitrogens with one attached hydrogen (secondary N) is 2. The molecule has 2 N–H and O–H groups in total. The van der Waals surface area contributed by atoms with Crippen molar-refractivity contribution in [1.82, 2.24) is 15.6 Å². The van der Waals surface area contributed by atoms with Crippen LogP contribution in [0.15, 0.2) is 47.6 Å². The Morgan fingerprint density at radius 3 is 2.40 bits per heavy atom. The summed E-state index contributed by atoms with van der Waals surface area (Å²) in [6.45, 7) is 3.65. The van der Waals surface area contributed by atoms with Gasteiger partial charge in [0.25, 0.3) is 0 Å². The molecular weight excluding hydrogens is 425 g/mol. The van der Waals surface area contributed by atoms with E-state index < -0.39 is 0 Å². The zero-order chi connectivity index (χ0) is 17.4. The van der Waals surface area contributed by atoms with Crippen molar-refractivity contribution >= 4 is 35.8 Å². The van der Waals surface area contributed by atoms with Gasteiger partial charge in [0.2, 0.25) is 0 Å². The van der Waals surface area contributed by atoms with Gasteiger partial charge in [0.1, 0.15) is 5.82 Å². The Morgan fingerprint density at radius 2 is 1.76 bits per heavy atom. The van der Waals surface area contributed by atoms with Crippen LogP contribution < -0.4 is 15.5 Å². The van der Waals surface area contributed by atoms with E-state index in [0.29, 0.717) is 6.54 Å². The summed E-state index contributed by atoms with van der Waals surface area (Å²) in [4.78, 5) is 10.6. The molecule has 6 heteroatoms. The van der Waals surface area contributed by atoms with Crippen LogP contribution in [0, 0.1) is 0 Å². The van der Waals surface area contributed by atoms with Crippen LogP contribution in [0.1, 0.15) is 23.6 Å². The molecule has 0 fully saturated rings. The average Bonchev–Trinajstić information content (AvgIpc) is 2.62. The van der Waals surface area contributed by atoms with Gasteiger partial charge in [-0.25, -0.2) is 4.98 Å². The van der Waals surface area contributed by atoms with E-state index in [1.807, 2.05) is 31.3 Å². The van der Waals surface area contributed by atoms with Crippen molar-refractivity contribution in [3.8, 4) is 0 Å². The Labute approximate surface area is 168 Å². The van der Waals surface area contributed by atoms with E-state index in [1.165, 1.54) is 16.7 Å². The topological polar surface area (TPSA) is 52.6 Å². The Balaban J connectivity index is 0.00000312. The smallest absolute Gasteiger partial charge is 0.191 e. The first-order chi connectivity index (χ1) is 11.6. The Hall–Kier alpha value is -1.83. The molecule has 0 saturated carbocycles. The number of aliphatic imine (C=N–C) groups is 1. The molecule has 1 heterocycles. The number of hydrogen-bond donors (Lipinski definition) is 2. The van der Waals surface area contributed by atoms with Crippen LogP contribution in [0.3, 0.4) is 0 Å². The predicted molar refractivity (Wildman–Crippen MR) is 117 cm³/mol. The van der Waals surface area contributed by atoms with Crippen molar-refractivity contribution in [2.75, 3.05) is 26.0 Å². The van der Waals surface area contributed by atoms with Gasteiger partial charge in [0, 0.05) is 40.4 Å². The number of halogens is 1. The van der Waals surface area contributed by atoms with Crippen LogP contribution in [-0.4, -0.2) is 32.1 Å². The minimum absolute atomic E-state index is 0. The summed E-state index contributed by atoms with van der Waals surface area (Å²) in [5.41, 5.74) is 3.84. The first kappa shape index (κ1) is 21.2. The zero-order valence-corrected chi connectivity index (χ0v) is 17.7. The molecule has 5 nitrogen and oxygen atoms in total. The molecule has 1 aromatic carbocycles. The maximum Gasteiger partial charge on any atom is 0.191 e. The number of aromatic nitrogens is 1. The maximum atomic E-state index is 4.33. The first-order valence-corrected chi connectivity index (χ1v) is 8.27. The maximum absolute atomic E-state index is 4.33. The van der Waals surface area contributed by atoms with Gasteiger partial charge in [0.05, 0.1) is 0 Å². The average molecular weight is 453 g/mol. The van der Waals surface area contributed by atoms with Gasteiger partial charge in [-0.1, -0.05) is 31.2 Å². The second kappa shape index (κ2) is 10.9. The minimum atomic E-state index is 0.